The van der Waals surface area contributed by atoms with E-state index < -0.39 is 11.7 Å². The zero-order valence-electron chi connectivity index (χ0n) is 14.2. The van der Waals surface area contributed by atoms with Crippen molar-refractivity contribution in [2.75, 3.05) is 31.9 Å². The fourth-order valence-corrected chi connectivity index (χ4v) is 4.26. The molecule has 2 aromatic rings. The van der Waals surface area contributed by atoms with Gasteiger partial charge in [0.05, 0.1) is 16.2 Å². The van der Waals surface area contributed by atoms with Gasteiger partial charge in [-0.2, -0.15) is 13.2 Å². The van der Waals surface area contributed by atoms with Crippen LogP contribution in [0.25, 0.3) is 0 Å². The van der Waals surface area contributed by atoms with Crippen LogP contribution in [0.5, 0.6) is 0 Å². The first-order valence-corrected chi connectivity index (χ1v) is 10.1. The van der Waals surface area contributed by atoms with Crippen molar-refractivity contribution in [1.82, 2.24) is 9.80 Å². The van der Waals surface area contributed by atoms with Crippen molar-refractivity contribution in [3.63, 3.8) is 0 Å². The molecule has 9 heteroatoms. The largest absolute Gasteiger partial charge is 0.416 e. The zero-order valence-corrected chi connectivity index (χ0v) is 15.9. The van der Waals surface area contributed by atoms with Crippen molar-refractivity contribution >= 4 is 34.9 Å². The Labute approximate surface area is 163 Å². The molecule has 1 aliphatic rings. The Morgan fingerprint density at radius 3 is 2.37 bits per heavy atom. The summed E-state index contributed by atoms with van der Waals surface area (Å²) in [4.78, 5) is 29.1. The molecule has 0 radical (unpaired) electrons. The highest BCUT2D eigenvalue weighted by atomic mass is 32.2. The van der Waals surface area contributed by atoms with Gasteiger partial charge >= 0.3 is 6.18 Å². The lowest BCUT2D eigenvalue weighted by atomic mass is 10.2. The summed E-state index contributed by atoms with van der Waals surface area (Å²) in [7, 11) is 0. The Balaban J connectivity index is 1.49. The predicted octanol–water partition coefficient (Wildman–Crippen LogP) is 3.84. The molecule has 2 amide bonds. The number of rotatable bonds is 4. The van der Waals surface area contributed by atoms with Crippen molar-refractivity contribution in [2.45, 2.75) is 11.1 Å². The number of hydrogen-bond acceptors (Lipinski definition) is 4. The van der Waals surface area contributed by atoms with Crippen LogP contribution in [0.1, 0.15) is 15.2 Å². The van der Waals surface area contributed by atoms with E-state index in [4.69, 9.17) is 0 Å². The van der Waals surface area contributed by atoms with Gasteiger partial charge in [0.1, 0.15) is 0 Å². The maximum Gasteiger partial charge on any atom is 0.416 e. The van der Waals surface area contributed by atoms with Gasteiger partial charge in [-0.1, -0.05) is 12.1 Å². The number of carbonyl (C=O) groups is 2. The number of piperazine rings is 1. The lowest BCUT2D eigenvalue weighted by Gasteiger charge is -2.34. The summed E-state index contributed by atoms with van der Waals surface area (Å²) in [5.74, 6) is -0.101. The molecule has 0 saturated carbocycles. The first kappa shape index (κ1) is 19.8. The Morgan fingerprint density at radius 1 is 1.04 bits per heavy atom. The normalized spacial score (nSPS) is 15.1. The molecule has 27 heavy (non-hydrogen) atoms. The number of thioether (sulfide) groups is 1. The summed E-state index contributed by atoms with van der Waals surface area (Å²) < 4.78 is 38.2. The summed E-state index contributed by atoms with van der Waals surface area (Å²) in [6, 6.07) is 8.56. The van der Waals surface area contributed by atoms with Gasteiger partial charge in [0.15, 0.2) is 0 Å². The van der Waals surface area contributed by atoms with Crippen LogP contribution in [0.2, 0.25) is 0 Å². The molecule has 1 fully saturated rings. The fourth-order valence-electron chi connectivity index (χ4n) is 2.71. The molecule has 0 unspecified atom stereocenters. The van der Waals surface area contributed by atoms with Gasteiger partial charge in [0, 0.05) is 31.1 Å². The molecule has 0 bridgehead atoms. The number of benzene rings is 1. The first-order valence-electron chi connectivity index (χ1n) is 8.25. The van der Waals surface area contributed by atoms with Gasteiger partial charge in [0.2, 0.25) is 5.91 Å². The van der Waals surface area contributed by atoms with E-state index in [1.54, 1.807) is 21.9 Å². The first-order chi connectivity index (χ1) is 12.8. The quantitative estimate of drug-likeness (QED) is 0.714. The Hall–Kier alpha value is -2.00. The van der Waals surface area contributed by atoms with Gasteiger partial charge in [-0.05, 0) is 29.6 Å². The molecular formula is C18H17F3N2O2S2. The van der Waals surface area contributed by atoms with E-state index in [0.29, 0.717) is 36.0 Å². The van der Waals surface area contributed by atoms with Crippen molar-refractivity contribution in [2.24, 2.45) is 0 Å². The standard InChI is InChI=1S/C18H17F3N2O2S2/c19-18(20,21)13-3-1-4-14(11-13)27-12-16(24)22-6-8-23(9-7-22)17(25)15-5-2-10-26-15/h1-5,10-11H,6-9,12H2. The number of thiophene rings is 1. The Morgan fingerprint density at radius 2 is 1.74 bits per heavy atom. The Kier molecular flexibility index (Phi) is 6.11. The molecule has 1 aliphatic heterocycles. The lowest BCUT2D eigenvalue weighted by Crippen LogP contribution is -2.51. The number of alkyl halides is 3. The highest BCUT2D eigenvalue weighted by Crippen LogP contribution is 2.32. The molecule has 0 aliphatic carbocycles. The van der Waals surface area contributed by atoms with Crippen LogP contribution in [0.4, 0.5) is 13.2 Å². The lowest BCUT2D eigenvalue weighted by molar-refractivity contribution is -0.137. The third-order valence-corrected chi connectivity index (χ3v) is 6.01. The van der Waals surface area contributed by atoms with Gasteiger partial charge in [-0.3, -0.25) is 9.59 Å². The third kappa shape index (κ3) is 5.04. The predicted molar refractivity (Wildman–Crippen MR) is 99.0 cm³/mol. The van der Waals surface area contributed by atoms with E-state index in [0.717, 1.165) is 23.9 Å². The van der Waals surface area contributed by atoms with Gasteiger partial charge in [-0.25, -0.2) is 0 Å². The molecule has 1 saturated heterocycles. The maximum atomic E-state index is 12.7. The summed E-state index contributed by atoms with van der Waals surface area (Å²) >= 11 is 2.47. The fraction of sp³-hybridized carbons (Fsp3) is 0.333. The van der Waals surface area contributed by atoms with E-state index >= 15 is 0 Å². The highest BCUT2D eigenvalue weighted by molar-refractivity contribution is 8.00. The van der Waals surface area contributed by atoms with Crippen molar-refractivity contribution in [3.05, 3.63) is 52.2 Å². The smallest absolute Gasteiger partial charge is 0.338 e. The number of carbonyl (C=O) groups excluding carboxylic acids is 2. The van der Waals surface area contributed by atoms with Crippen molar-refractivity contribution in [1.29, 1.82) is 0 Å². The van der Waals surface area contributed by atoms with E-state index in [9.17, 15) is 22.8 Å². The van der Waals surface area contributed by atoms with Crippen LogP contribution in [-0.4, -0.2) is 53.5 Å². The molecule has 2 heterocycles. The average molecular weight is 414 g/mol. The second-order valence-corrected chi connectivity index (χ2v) is 7.96. The van der Waals surface area contributed by atoms with Crippen LogP contribution in [0, 0.1) is 0 Å². The monoisotopic (exact) mass is 414 g/mol. The van der Waals surface area contributed by atoms with E-state index in [1.807, 2.05) is 11.4 Å². The molecular weight excluding hydrogens is 397 g/mol. The molecule has 144 valence electrons. The van der Waals surface area contributed by atoms with Crippen LogP contribution >= 0.6 is 23.1 Å². The number of nitrogens with zero attached hydrogens (tertiary/aromatic N) is 2. The summed E-state index contributed by atoms with van der Waals surface area (Å²) in [5.41, 5.74) is -0.722. The summed E-state index contributed by atoms with van der Waals surface area (Å²) in [6.07, 6.45) is -4.40. The number of hydrogen-bond donors (Lipinski definition) is 0. The minimum atomic E-state index is -4.40. The molecule has 0 atom stereocenters. The summed E-state index contributed by atoms with van der Waals surface area (Å²) in [5, 5.41) is 1.85. The highest BCUT2D eigenvalue weighted by Gasteiger charge is 2.30. The van der Waals surface area contributed by atoms with Crippen LogP contribution < -0.4 is 0 Å². The van der Waals surface area contributed by atoms with Gasteiger partial charge in [0.25, 0.3) is 5.91 Å². The summed E-state index contributed by atoms with van der Waals surface area (Å²) in [6.45, 7) is 1.77. The second kappa shape index (κ2) is 8.35. The second-order valence-electron chi connectivity index (χ2n) is 5.96. The van der Waals surface area contributed by atoms with Gasteiger partial charge in [-0.15, -0.1) is 23.1 Å². The van der Waals surface area contributed by atoms with E-state index in [-0.39, 0.29) is 17.6 Å². The van der Waals surface area contributed by atoms with E-state index in [1.165, 1.54) is 17.4 Å². The third-order valence-electron chi connectivity index (χ3n) is 4.18. The maximum absolute atomic E-state index is 12.7. The average Bonchev–Trinajstić information content (AvgIpc) is 3.20. The SMILES string of the molecule is O=C(CSc1cccc(C(F)(F)F)c1)N1CCN(C(=O)c2cccs2)CC1. The zero-order chi connectivity index (χ0) is 19.4. The van der Waals surface area contributed by atoms with Crippen LogP contribution in [-0.2, 0) is 11.0 Å². The molecule has 4 nitrogen and oxygen atoms in total. The molecule has 0 N–H and O–H groups in total. The number of amides is 2. The van der Waals surface area contributed by atoms with Crippen molar-refractivity contribution in [3.8, 4) is 0 Å². The molecule has 3 rings (SSSR count). The topological polar surface area (TPSA) is 40.6 Å². The molecule has 1 aromatic carbocycles. The van der Waals surface area contributed by atoms with Crippen LogP contribution in [0.15, 0.2) is 46.7 Å². The minimum absolute atomic E-state index is 0.0320. The number of halogens is 3. The molecule has 1 aromatic heterocycles. The van der Waals surface area contributed by atoms with Crippen LogP contribution in [0.3, 0.4) is 0 Å². The minimum Gasteiger partial charge on any atom is -0.338 e. The van der Waals surface area contributed by atoms with Gasteiger partial charge < -0.3 is 9.80 Å². The Bertz CT molecular complexity index is 801. The molecule has 0 spiro atoms. The van der Waals surface area contributed by atoms with E-state index in [2.05, 4.69) is 0 Å². The van der Waals surface area contributed by atoms with Crippen molar-refractivity contribution < 1.29 is 22.8 Å².